The second-order valence-corrected chi connectivity index (χ2v) is 8.32. The first kappa shape index (κ1) is 21.8. The van der Waals surface area contributed by atoms with Crippen molar-refractivity contribution in [3.8, 4) is 5.75 Å². The Labute approximate surface area is 182 Å². The molecule has 158 valence electrons. The Morgan fingerprint density at radius 1 is 1.23 bits per heavy atom. The number of benzene rings is 1. The number of nitrogens with zero attached hydrogens (tertiary/aromatic N) is 3. The molecule has 1 aromatic carbocycles. The Morgan fingerprint density at radius 2 is 1.97 bits per heavy atom. The minimum absolute atomic E-state index is 0.123. The molecule has 0 fully saturated rings. The summed E-state index contributed by atoms with van der Waals surface area (Å²) in [4.78, 5) is 24.0. The van der Waals surface area contributed by atoms with E-state index >= 15 is 0 Å². The summed E-state index contributed by atoms with van der Waals surface area (Å²) in [5.74, 6) is 0.796. The van der Waals surface area contributed by atoms with Crippen molar-refractivity contribution in [2.24, 2.45) is 7.05 Å². The van der Waals surface area contributed by atoms with Crippen LogP contribution in [0.4, 0.5) is 5.00 Å². The van der Waals surface area contributed by atoms with E-state index in [2.05, 4.69) is 15.5 Å². The number of methoxy groups -OCH3 is 1. The number of aromatic nitrogens is 3. The molecule has 0 radical (unpaired) electrons. The van der Waals surface area contributed by atoms with Crippen LogP contribution in [0.2, 0.25) is 0 Å². The highest BCUT2D eigenvalue weighted by molar-refractivity contribution is 7.99. The number of thioether (sulfide) groups is 1. The van der Waals surface area contributed by atoms with Gasteiger partial charge in [0.2, 0.25) is 5.91 Å². The topological polar surface area (TPSA) is 95.3 Å². The van der Waals surface area contributed by atoms with E-state index in [-0.39, 0.29) is 17.8 Å². The smallest absolute Gasteiger partial charge is 0.340 e. The van der Waals surface area contributed by atoms with Crippen LogP contribution in [-0.2, 0) is 16.6 Å². The van der Waals surface area contributed by atoms with Gasteiger partial charge in [-0.3, -0.25) is 4.79 Å². The summed E-state index contributed by atoms with van der Waals surface area (Å²) < 4.78 is 12.5. The molecule has 0 saturated carbocycles. The van der Waals surface area contributed by atoms with Gasteiger partial charge >= 0.3 is 5.97 Å². The number of anilines is 1. The predicted octanol–water partition coefficient (Wildman–Crippen LogP) is 3.84. The third kappa shape index (κ3) is 5.19. The number of aryl methyl sites for hydroxylation is 1. The van der Waals surface area contributed by atoms with Gasteiger partial charge in [0, 0.05) is 7.05 Å². The number of carbonyl (C=O) groups is 2. The molecule has 1 unspecified atom stereocenters. The molecule has 2 aromatic heterocycles. The molecule has 0 aliphatic heterocycles. The zero-order chi connectivity index (χ0) is 21.7. The Hall–Kier alpha value is -2.85. The van der Waals surface area contributed by atoms with E-state index in [0.717, 1.165) is 11.3 Å². The average molecular weight is 447 g/mol. The maximum atomic E-state index is 12.3. The van der Waals surface area contributed by atoms with Gasteiger partial charge in [-0.25, -0.2) is 4.79 Å². The third-order valence-electron chi connectivity index (χ3n) is 4.22. The van der Waals surface area contributed by atoms with Crippen LogP contribution >= 0.6 is 23.1 Å². The Kier molecular flexibility index (Phi) is 7.11. The lowest BCUT2D eigenvalue weighted by molar-refractivity contribution is -0.113. The van der Waals surface area contributed by atoms with Crippen molar-refractivity contribution >= 4 is 40.0 Å². The zero-order valence-corrected chi connectivity index (χ0v) is 18.7. The van der Waals surface area contributed by atoms with Gasteiger partial charge in [0.05, 0.1) is 18.4 Å². The van der Waals surface area contributed by atoms with Gasteiger partial charge < -0.3 is 19.4 Å². The molecule has 1 N–H and O–H groups in total. The lowest BCUT2D eigenvalue weighted by atomic mass is 10.2. The zero-order valence-electron chi connectivity index (χ0n) is 17.0. The lowest BCUT2D eigenvalue weighted by Crippen LogP contribution is -2.16. The van der Waals surface area contributed by atoms with E-state index in [9.17, 15) is 9.59 Å². The molecule has 0 saturated heterocycles. The van der Waals surface area contributed by atoms with E-state index < -0.39 is 5.97 Å². The number of esters is 1. The quantitative estimate of drug-likeness (QED) is 0.415. The van der Waals surface area contributed by atoms with Crippen LogP contribution in [0.15, 0.2) is 40.9 Å². The van der Waals surface area contributed by atoms with Gasteiger partial charge in [-0.05, 0) is 37.4 Å². The minimum atomic E-state index is -0.486. The summed E-state index contributed by atoms with van der Waals surface area (Å²) in [5, 5.41) is 13.9. The first-order valence-corrected chi connectivity index (χ1v) is 11.0. The number of rotatable bonds is 8. The highest BCUT2D eigenvalue weighted by Crippen LogP contribution is 2.26. The molecule has 8 nitrogen and oxygen atoms in total. The third-order valence-corrected chi connectivity index (χ3v) is 6.07. The summed E-state index contributed by atoms with van der Waals surface area (Å²) in [6.45, 7) is 3.92. The van der Waals surface area contributed by atoms with Crippen LogP contribution in [-0.4, -0.2) is 39.5 Å². The van der Waals surface area contributed by atoms with Crippen molar-refractivity contribution in [3.05, 3.63) is 52.7 Å². The first-order chi connectivity index (χ1) is 14.4. The van der Waals surface area contributed by atoms with Crippen molar-refractivity contribution in [3.63, 3.8) is 0 Å². The maximum absolute atomic E-state index is 12.3. The number of hydrogen-bond donors (Lipinski definition) is 1. The standard InChI is InChI=1S/C20H22N4O4S2/c1-12-5-7-14(8-6-12)28-13(2)17-22-23-20(24(17)3)30-11-16(25)21-18-15(9-10-29-18)19(26)27-4/h5-10,13H,11H2,1-4H3,(H,21,25). The van der Waals surface area contributed by atoms with Crippen molar-refractivity contribution in [2.45, 2.75) is 25.1 Å². The second-order valence-electron chi connectivity index (χ2n) is 6.46. The fraction of sp³-hybridized carbons (Fsp3) is 0.300. The van der Waals surface area contributed by atoms with Gasteiger partial charge in [-0.2, -0.15) is 0 Å². The van der Waals surface area contributed by atoms with Gasteiger partial charge in [-0.15, -0.1) is 21.5 Å². The predicted molar refractivity (Wildman–Crippen MR) is 116 cm³/mol. The number of nitrogens with one attached hydrogen (secondary N) is 1. The number of hydrogen-bond acceptors (Lipinski definition) is 8. The molecule has 3 rings (SSSR count). The molecule has 3 aromatic rings. The normalized spacial score (nSPS) is 11.7. The molecular formula is C20H22N4O4S2. The van der Waals surface area contributed by atoms with E-state index in [1.54, 1.807) is 11.4 Å². The van der Waals surface area contributed by atoms with Gasteiger partial charge in [0.25, 0.3) is 0 Å². The highest BCUT2D eigenvalue weighted by Gasteiger charge is 2.19. The maximum Gasteiger partial charge on any atom is 0.340 e. The van der Waals surface area contributed by atoms with E-state index in [4.69, 9.17) is 9.47 Å². The van der Waals surface area contributed by atoms with Crippen LogP contribution in [0.25, 0.3) is 0 Å². The molecule has 1 atom stereocenters. The summed E-state index contributed by atoms with van der Waals surface area (Å²) in [6.07, 6.45) is -0.304. The van der Waals surface area contributed by atoms with E-state index in [1.165, 1.54) is 30.2 Å². The summed E-state index contributed by atoms with van der Waals surface area (Å²) in [7, 11) is 3.13. The Balaban J connectivity index is 1.58. The first-order valence-electron chi connectivity index (χ1n) is 9.10. The van der Waals surface area contributed by atoms with Crippen LogP contribution in [0, 0.1) is 6.92 Å². The number of ether oxygens (including phenoxy) is 2. The van der Waals surface area contributed by atoms with E-state index in [1.807, 2.05) is 49.7 Å². The summed E-state index contributed by atoms with van der Waals surface area (Å²) >= 11 is 2.52. The fourth-order valence-electron chi connectivity index (χ4n) is 2.65. The van der Waals surface area contributed by atoms with Crippen LogP contribution in [0.1, 0.15) is 34.8 Å². The Morgan fingerprint density at radius 3 is 2.67 bits per heavy atom. The minimum Gasteiger partial charge on any atom is -0.483 e. The molecule has 0 aliphatic rings. The van der Waals surface area contributed by atoms with Crippen molar-refractivity contribution < 1.29 is 19.1 Å². The Bertz CT molecular complexity index is 1030. The van der Waals surface area contributed by atoms with Crippen LogP contribution in [0.3, 0.4) is 0 Å². The highest BCUT2D eigenvalue weighted by atomic mass is 32.2. The van der Waals surface area contributed by atoms with Crippen LogP contribution < -0.4 is 10.1 Å². The SMILES string of the molecule is COC(=O)c1ccsc1NC(=O)CSc1nnc(C(C)Oc2ccc(C)cc2)n1C. The average Bonchev–Trinajstić information content (AvgIpc) is 3.34. The summed E-state index contributed by atoms with van der Waals surface area (Å²) in [6, 6.07) is 9.41. The molecule has 10 heteroatoms. The van der Waals surface area contributed by atoms with Gasteiger partial charge in [0.15, 0.2) is 17.1 Å². The largest absolute Gasteiger partial charge is 0.483 e. The van der Waals surface area contributed by atoms with Crippen LogP contribution in [0.5, 0.6) is 5.75 Å². The second kappa shape index (κ2) is 9.77. The lowest BCUT2D eigenvalue weighted by Gasteiger charge is -2.14. The molecule has 0 spiro atoms. The molecular weight excluding hydrogens is 424 g/mol. The molecule has 2 heterocycles. The summed E-state index contributed by atoms with van der Waals surface area (Å²) in [5.41, 5.74) is 1.50. The van der Waals surface area contributed by atoms with Crippen molar-refractivity contribution in [1.82, 2.24) is 14.8 Å². The van der Waals surface area contributed by atoms with Crippen molar-refractivity contribution in [2.75, 3.05) is 18.2 Å². The van der Waals surface area contributed by atoms with Gasteiger partial charge in [0.1, 0.15) is 10.8 Å². The van der Waals surface area contributed by atoms with Gasteiger partial charge in [-0.1, -0.05) is 29.5 Å². The monoisotopic (exact) mass is 446 g/mol. The number of amides is 1. The van der Waals surface area contributed by atoms with E-state index in [0.29, 0.717) is 21.5 Å². The molecule has 30 heavy (non-hydrogen) atoms. The molecule has 0 aliphatic carbocycles. The number of carbonyl (C=O) groups excluding carboxylic acids is 2. The number of thiophene rings is 1. The van der Waals surface area contributed by atoms with Crippen molar-refractivity contribution in [1.29, 1.82) is 0 Å². The molecule has 0 bridgehead atoms. The molecule has 1 amide bonds. The fourth-order valence-corrected chi connectivity index (χ4v) is 4.16.